The monoisotopic (exact) mass is 452 g/mol. The van der Waals surface area contributed by atoms with Crippen LogP contribution >= 0.6 is 11.3 Å². The van der Waals surface area contributed by atoms with Gasteiger partial charge in [-0.1, -0.05) is 12.1 Å². The van der Waals surface area contributed by atoms with Gasteiger partial charge in [-0.05, 0) is 62.9 Å². The van der Waals surface area contributed by atoms with Gasteiger partial charge in [0, 0.05) is 17.8 Å². The molecule has 0 unspecified atom stereocenters. The quantitative estimate of drug-likeness (QED) is 0.411. The molecule has 0 N–H and O–H groups in total. The van der Waals surface area contributed by atoms with E-state index in [1.807, 2.05) is 55.1 Å². The Balaban J connectivity index is 1.53. The van der Waals surface area contributed by atoms with Crippen molar-refractivity contribution in [2.45, 2.75) is 51.5 Å². The number of hydrogen-bond acceptors (Lipinski definition) is 6. The van der Waals surface area contributed by atoms with Crippen LogP contribution in [0, 0.1) is 13.8 Å². The molecule has 32 heavy (non-hydrogen) atoms. The summed E-state index contributed by atoms with van der Waals surface area (Å²) in [6.45, 7) is 4.83. The van der Waals surface area contributed by atoms with Gasteiger partial charge in [0.1, 0.15) is 28.0 Å². The summed E-state index contributed by atoms with van der Waals surface area (Å²) in [5.41, 5.74) is 1.01. The molecule has 6 nitrogen and oxygen atoms in total. The van der Waals surface area contributed by atoms with Crippen LogP contribution in [0.15, 0.2) is 40.8 Å². The summed E-state index contributed by atoms with van der Waals surface area (Å²) in [6, 6.07) is 11.7. The van der Waals surface area contributed by atoms with Crippen molar-refractivity contribution in [3.05, 3.63) is 69.1 Å². The van der Waals surface area contributed by atoms with E-state index in [1.54, 1.807) is 7.11 Å². The van der Waals surface area contributed by atoms with E-state index in [2.05, 4.69) is 4.98 Å². The summed E-state index contributed by atoms with van der Waals surface area (Å²) in [5.74, 6) is 2.73. The highest BCUT2D eigenvalue weighted by Gasteiger charge is 2.53. The molecular formula is C25H28N2O4S. The number of aromatic nitrogens is 1. The maximum atomic E-state index is 13.8. The lowest BCUT2D eigenvalue weighted by Crippen LogP contribution is -2.39. The summed E-state index contributed by atoms with van der Waals surface area (Å²) in [7, 11) is 1.64. The molecule has 0 spiro atoms. The second kappa shape index (κ2) is 9.28. The van der Waals surface area contributed by atoms with Crippen molar-refractivity contribution >= 4 is 23.5 Å². The third-order valence-electron chi connectivity index (χ3n) is 6.05. The van der Waals surface area contributed by atoms with Gasteiger partial charge in [0.2, 0.25) is 5.91 Å². The second-order valence-corrected chi connectivity index (χ2v) is 9.61. The Bertz CT molecular complexity index is 1100. The number of nitrogens with zero attached hydrogens (tertiary/aromatic N) is 2. The summed E-state index contributed by atoms with van der Waals surface area (Å²) >= 11 is 1.48. The highest BCUT2D eigenvalue weighted by atomic mass is 32.1. The largest absolute Gasteiger partial charge is 0.497 e. The topological polar surface area (TPSA) is 72.6 Å². The van der Waals surface area contributed by atoms with Crippen molar-refractivity contribution < 1.29 is 18.7 Å². The first-order valence-electron chi connectivity index (χ1n) is 10.9. The minimum atomic E-state index is -0.479. The van der Waals surface area contributed by atoms with Crippen molar-refractivity contribution in [3.8, 4) is 5.75 Å². The van der Waals surface area contributed by atoms with Crippen LogP contribution in [-0.4, -0.2) is 35.7 Å². The second-order valence-electron chi connectivity index (χ2n) is 8.32. The molecule has 1 saturated carbocycles. The average Bonchev–Trinajstić information content (AvgIpc) is 3.39. The van der Waals surface area contributed by atoms with Gasteiger partial charge in [0.05, 0.1) is 19.1 Å². The fraction of sp³-hybridized carbons (Fsp3) is 0.400. The van der Waals surface area contributed by atoms with Crippen molar-refractivity contribution in [3.63, 3.8) is 0 Å². The molecule has 1 amide bonds. The molecule has 0 aliphatic heterocycles. The summed E-state index contributed by atoms with van der Waals surface area (Å²) in [6.07, 6.45) is 4.01. The SMILES string of the molecule is COc1ccc(C2(C(=O)N(CCCc3ccc(C)o3)Cc3nc(C=O)c(C)s3)CC2)cc1. The maximum Gasteiger partial charge on any atom is 0.233 e. The number of aldehydes is 1. The Morgan fingerprint density at radius 3 is 2.53 bits per heavy atom. The Morgan fingerprint density at radius 2 is 1.97 bits per heavy atom. The number of thiazole rings is 1. The van der Waals surface area contributed by atoms with Crippen LogP contribution < -0.4 is 4.74 Å². The van der Waals surface area contributed by atoms with Crippen molar-refractivity contribution in [1.82, 2.24) is 9.88 Å². The van der Waals surface area contributed by atoms with Crippen LogP contribution in [-0.2, 0) is 23.2 Å². The van der Waals surface area contributed by atoms with E-state index in [-0.39, 0.29) is 5.91 Å². The van der Waals surface area contributed by atoms with Crippen molar-refractivity contribution in [2.24, 2.45) is 0 Å². The fourth-order valence-corrected chi connectivity index (χ4v) is 5.00. The highest BCUT2D eigenvalue weighted by Crippen LogP contribution is 2.50. The average molecular weight is 453 g/mol. The lowest BCUT2D eigenvalue weighted by atomic mass is 9.94. The number of hydrogen-bond donors (Lipinski definition) is 0. The number of carbonyl (C=O) groups is 2. The van der Waals surface area contributed by atoms with Crippen LogP contribution in [0.1, 0.15) is 56.7 Å². The normalized spacial score (nSPS) is 14.2. The van der Waals surface area contributed by atoms with Crippen molar-refractivity contribution in [1.29, 1.82) is 0 Å². The van der Waals surface area contributed by atoms with E-state index >= 15 is 0 Å². The third-order valence-corrected chi connectivity index (χ3v) is 7.02. The highest BCUT2D eigenvalue weighted by molar-refractivity contribution is 7.11. The number of benzene rings is 1. The molecule has 7 heteroatoms. The zero-order valence-corrected chi connectivity index (χ0v) is 19.5. The Kier molecular flexibility index (Phi) is 6.46. The molecule has 0 saturated heterocycles. The molecule has 1 aliphatic carbocycles. The predicted molar refractivity (Wildman–Crippen MR) is 123 cm³/mol. The van der Waals surface area contributed by atoms with Crippen LogP contribution in [0.2, 0.25) is 0 Å². The van der Waals surface area contributed by atoms with Crippen LogP contribution in [0.3, 0.4) is 0 Å². The van der Waals surface area contributed by atoms with E-state index in [0.29, 0.717) is 18.8 Å². The zero-order valence-electron chi connectivity index (χ0n) is 18.7. The van der Waals surface area contributed by atoms with Gasteiger partial charge in [-0.15, -0.1) is 11.3 Å². The predicted octanol–water partition coefficient (Wildman–Crippen LogP) is 4.87. The lowest BCUT2D eigenvalue weighted by Gasteiger charge is -2.27. The number of methoxy groups -OCH3 is 1. The number of furan rings is 1. The first kappa shape index (κ1) is 22.3. The van der Waals surface area contributed by atoms with Crippen LogP contribution in [0.5, 0.6) is 5.75 Å². The molecule has 168 valence electrons. The minimum absolute atomic E-state index is 0.124. The van der Waals surface area contributed by atoms with Gasteiger partial charge in [-0.25, -0.2) is 4.98 Å². The molecule has 4 rings (SSSR count). The fourth-order valence-electron chi connectivity index (χ4n) is 4.08. The van der Waals surface area contributed by atoms with E-state index in [1.165, 1.54) is 11.3 Å². The van der Waals surface area contributed by atoms with Crippen molar-refractivity contribution in [2.75, 3.05) is 13.7 Å². The zero-order chi connectivity index (χ0) is 22.7. The molecule has 0 atom stereocenters. The molecular weight excluding hydrogens is 424 g/mol. The lowest BCUT2D eigenvalue weighted by molar-refractivity contribution is -0.134. The minimum Gasteiger partial charge on any atom is -0.497 e. The molecule has 1 aliphatic rings. The van der Waals surface area contributed by atoms with Gasteiger partial charge in [-0.3, -0.25) is 9.59 Å². The molecule has 0 bridgehead atoms. The molecule has 2 aromatic heterocycles. The number of amides is 1. The van der Waals surface area contributed by atoms with Gasteiger partial charge < -0.3 is 14.1 Å². The first-order valence-corrected chi connectivity index (χ1v) is 11.7. The Hall–Kier alpha value is -2.93. The van der Waals surface area contributed by atoms with E-state index < -0.39 is 5.41 Å². The summed E-state index contributed by atoms with van der Waals surface area (Å²) in [4.78, 5) is 32.2. The molecule has 0 radical (unpaired) electrons. The van der Waals surface area contributed by atoms with Gasteiger partial charge >= 0.3 is 0 Å². The summed E-state index contributed by atoms with van der Waals surface area (Å²) in [5, 5.41) is 0.789. The Morgan fingerprint density at radius 1 is 1.22 bits per heavy atom. The van der Waals surface area contributed by atoms with E-state index in [0.717, 1.165) is 64.7 Å². The first-order chi connectivity index (χ1) is 15.4. The third kappa shape index (κ3) is 4.63. The van der Waals surface area contributed by atoms with Crippen LogP contribution in [0.4, 0.5) is 0 Å². The van der Waals surface area contributed by atoms with Crippen LogP contribution in [0.25, 0.3) is 0 Å². The molecule has 2 heterocycles. The molecule has 1 fully saturated rings. The maximum absolute atomic E-state index is 13.8. The number of ether oxygens (including phenoxy) is 1. The van der Waals surface area contributed by atoms with Gasteiger partial charge in [-0.2, -0.15) is 0 Å². The molecule has 1 aromatic carbocycles. The standard InChI is InChI=1S/C25H28N2O4S/c1-17-6-9-21(31-17)5-4-14-27(15-23-26-22(16-28)18(2)32-23)24(29)25(12-13-25)19-7-10-20(30-3)11-8-19/h6-11,16H,4-5,12-15H2,1-3H3. The van der Waals surface area contributed by atoms with Gasteiger partial charge in [0.25, 0.3) is 0 Å². The van der Waals surface area contributed by atoms with E-state index in [9.17, 15) is 9.59 Å². The Labute approximate surface area is 192 Å². The van der Waals surface area contributed by atoms with Gasteiger partial charge in [0.15, 0.2) is 6.29 Å². The van der Waals surface area contributed by atoms with E-state index in [4.69, 9.17) is 9.15 Å². The summed E-state index contributed by atoms with van der Waals surface area (Å²) < 4.78 is 11.0. The number of rotatable bonds is 10. The number of carbonyl (C=O) groups excluding carboxylic acids is 2. The number of aryl methyl sites for hydroxylation is 3. The smallest absolute Gasteiger partial charge is 0.233 e. The molecule has 3 aromatic rings.